The van der Waals surface area contributed by atoms with Gasteiger partial charge < -0.3 is 15.4 Å². The van der Waals surface area contributed by atoms with E-state index in [1.807, 2.05) is 24.3 Å². The van der Waals surface area contributed by atoms with Crippen molar-refractivity contribution in [1.82, 2.24) is 4.90 Å². The minimum absolute atomic E-state index is 0.0978. The van der Waals surface area contributed by atoms with Crippen LogP contribution < -0.4 is 10.5 Å². The summed E-state index contributed by atoms with van der Waals surface area (Å²) in [4.78, 5) is 13.3. The predicted octanol–water partition coefficient (Wildman–Crippen LogP) is 3.20. The molecule has 2 rings (SSSR count). The molecule has 2 N–H and O–H groups in total. The maximum Gasteiger partial charge on any atom is 0.253 e. The maximum absolute atomic E-state index is 11.8. The summed E-state index contributed by atoms with van der Waals surface area (Å²) in [6.07, 6.45) is 0. The van der Waals surface area contributed by atoms with Crippen LogP contribution in [0.5, 0.6) is 5.75 Å². The van der Waals surface area contributed by atoms with Crippen molar-refractivity contribution in [3.05, 3.63) is 58.6 Å². The number of amides is 1. The standard InChI is InChI=1S/C16H17ClN2O2/c1-19(2)16(20)11-7-8-15(14(18)9-11)21-10-12-5-3-4-6-13(12)17/h3-9H,10,18H2,1-2H3. The smallest absolute Gasteiger partial charge is 0.253 e. The second kappa shape index (κ2) is 6.50. The lowest BCUT2D eigenvalue weighted by Gasteiger charge is -2.13. The van der Waals surface area contributed by atoms with Gasteiger partial charge in [-0.25, -0.2) is 0 Å². The maximum atomic E-state index is 11.8. The number of anilines is 1. The summed E-state index contributed by atoms with van der Waals surface area (Å²) in [5.74, 6) is 0.435. The van der Waals surface area contributed by atoms with Crippen LogP contribution in [0.25, 0.3) is 0 Å². The van der Waals surface area contributed by atoms with E-state index in [1.165, 1.54) is 4.90 Å². The van der Waals surface area contributed by atoms with Crippen molar-refractivity contribution in [1.29, 1.82) is 0 Å². The fraction of sp³-hybridized carbons (Fsp3) is 0.188. The van der Waals surface area contributed by atoms with Gasteiger partial charge in [0.05, 0.1) is 5.69 Å². The lowest BCUT2D eigenvalue weighted by molar-refractivity contribution is 0.0827. The zero-order valence-electron chi connectivity index (χ0n) is 12.0. The average molecular weight is 305 g/mol. The Bertz CT molecular complexity index is 656. The predicted molar refractivity (Wildman–Crippen MR) is 84.7 cm³/mol. The summed E-state index contributed by atoms with van der Waals surface area (Å²) >= 11 is 6.07. The largest absolute Gasteiger partial charge is 0.487 e. The number of ether oxygens (including phenoxy) is 1. The van der Waals surface area contributed by atoms with Gasteiger partial charge in [-0.1, -0.05) is 29.8 Å². The molecule has 0 heterocycles. The molecule has 110 valence electrons. The Morgan fingerprint density at radius 2 is 1.95 bits per heavy atom. The number of carbonyl (C=O) groups excluding carboxylic acids is 1. The van der Waals surface area contributed by atoms with Gasteiger partial charge in [0.15, 0.2) is 0 Å². The Morgan fingerprint density at radius 3 is 2.57 bits per heavy atom. The van der Waals surface area contributed by atoms with Gasteiger partial charge >= 0.3 is 0 Å². The summed E-state index contributed by atoms with van der Waals surface area (Å²) in [6, 6.07) is 12.5. The van der Waals surface area contributed by atoms with Gasteiger partial charge in [-0.2, -0.15) is 0 Å². The van der Waals surface area contributed by atoms with Crippen molar-refractivity contribution in [3.63, 3.8) is 0 Å². The minimum Gasteiger partial charge on any atom is -0.487 e. The van der Waals surface area contributed by atoms with E-state index < -0.39 is 0 Å². The molecule has 0 radical (unpaired) electrons. The molecule has 0 aromatic heterocycles. The first kappa shape index (κ1) is 15.2. The molecule has 0 fully saturated rings. The van der Waals surface area contributed by atoms with Crippen molar-refractivity contribution < 1.29 is 9.53 Å². The third-order valence-electron chi connectivity index (χ3n) is 3.00. The van der Waals surface area contributed by atoms with Gasteiger partial charge in [-0.05, 0) is 24.3 Å². The Kier molecular flexibility index (Phi) is 4.70. The number of halogens is 1. The third kappa shape index (κ3) is 3.67. The highest BCUT2D eigenvalue weighted by molar-refractivity contribution is 6.31. The number of benzene rings is 2. The van der Waals surface area contributed by atoms with E-state index in [0.29, 0.717) is 28.6 Å². The van der Waals surface area contributed by atoms with E-state index in [9.17, 15) is 4.79 Å². The summed E-state index contributed by atoms with van der Waals surface area (Å²) in [5.41, 5.74) is 7.77. The van der Waals surface area contributed by atoms with Crippen molar-refractivity contribution in [3.8, 4) is 5.75 Å². The molecular formula is C16H17ClN2O2. The molecule has 4 nitrogen and oxygen atoms in total. The second-order valence-electron chi connectivity index (χ2n) is 4.83. The first-order chi connectivity index (χ1) is 9.99. The zero-order valence-corrected chi connectivity index (χ0v) is 12.7. The van der Waals surface area contributed by atoms with Crippen LogP contribution in [0, 0.1) is 0 Å². The lowest BCUT2D eigenvalue weighted by atomic mass is 10.1. The number of carbonyl (C=O) groups is 1. The molecule has 0 aliphatic rings. The summed E-state index contributed by atoms with van der Waals surface area (Å²) in [6.45, 7) is 0.324. The number of nitrogens with zero attached hydrogens (tertiary/aromatic N) is 1. The van der Waals surface area contributed by atoms with Gasteiger partial charge in [-0.3, -0.25) is 4.79 Å². The molecule has 0 saturated carbocycles. The summed E-state index contributed by atoms with van der Waals surface area (Å²) < 4.78 is 5.66. The molecule has 0 aliphatic carbocycles. The topological polar surface area (TPSA) is 55.6 Å². The van der Waals surface area contributed by atoms with Crippen molar-refractivity contribution in [2.45, 2.75) is 6.61 Å². The van der Waals surface area contributed by atoms with E-state index in [2.05, 4.69) is 0 Å². The number of hydrogen-bond donors (Lipinski definition) is 1. The molecule has 1 amide bonds. The highest BCUT2D eigenvalue weighted by Gasteiger charge is 2.11. The van der Waals surface area contributed by atoms with Gasteiger partial charge in [0.25, 0.3) is 5.91 Å². The molecule has 0 aliphatic heterocycles. The van der Waals surface area contributed by atoms with E-state index in [0.717, 1.165) is 5.56 Å². The van der Waals surface area contributed by atoms with Crippen molar-refractivity contribution in [2.24, 2.45) is 0 Å². The molecule has 2 aromatic carbocycles. The van der Waals surface area contributed by atoms with E-state index in [4.69, 9.17) is 22.1 Å². The van der Waals surface area contributed by atoms with Crippen LogP contribution in [0.1, 0.15) is 15.9 Å². The van der Waals surface area contributed by atoms with E-state index in [1.54, 1.807) is 32.3 Å². The quantitative estimate of drug-likeness (QED) is 0.883. The number of nitrogens with two attached hydrogens (primary N) is 1. The molecule has 5 heteroatoms. The SMILES string of the molecule is CN(C)C(=O)c1ccc(OCc2ccccc2Cl)c(N)c1. The number of hydrogen-bond acceptors (Lipinski definition) is 3. The molecule has 0 atom stereocenters. The molecule has 0 saturated heterocycles. The van der Waals surface area contributed by atoms with E-state index in [-0.39, 0.29) is 5.91 Å². The van der Waals surface area contributed by atoms with Gasteiger partial charge in [0.1, 0.15) is 12.4 Å². The van der Waals surface area contributed by atoms with Crippen LogP contribution in [0.4, 0.5) is 5.69 Å². The summed E-state index contributed by atoms with van der Waals surface area (Å²) in [7, 11) is 3.39. The highest BCUT2D eigenvalue weighted by atomic mass is 35.5. The Hall–Kier alpha value is -2.20. The molecule has 0 unspecified atom stereocenters. The molecular weight excluding hydrogens is 288 g/mol. The Labute approximate surface area is 129 Å². The fourth-order valence-corrected chi connectivity index (χ4v) is 2.03. The number of nitrogen functional groups attached to an aromatic ring is 1. The zero-order chi connectivity index (χ0) is 15.4. The minimum atomic E-state index is -0.0978. The van der Waals surface area contributed by atoms with Crippen molar-refractivity contribution in [2.75, 3.05) is 19.8 Å². The normalized spacial score (nSPS) is 10.2. The van der Waals surface area contributed by atoms with Crippen LogP contribution in [-0.2, 0) is 6.61 Å². The Balaban J connectivity index is 2.12. The molecule has 2 aromatic rings. The van der Waals surface area contributed by atoms with E-state index >= 15 is 0 Å². The van der Waals surface area contributed by atoms with Gasteiger partial charge in [-0.15, -0.1) is 0 Å². The first-order valence-electron chi connectivity index (χ1n) is 6.46. The fourth-order valence-electron chi connectivity index (χ4n) is 1.84. The monoisotopic (exact) mass is 304 g/mol. The van der Waals surface area contributed by atoms with Gasteiger partial charge in [0, 0.05) is 30.2 Å². The lowest BCUT2D eigenvalue weighted by Crippen LogP contribution is -2.21. The average Bonchev–Trinajstić information content (AvgIpc) is 2.46. The molecule has 0 spiro atoms. The summed E-state index contributed by atoms with van der Waals surface area (Å²) in [5, 5.41) is 0.649. The molecule has 0 bridgehead atoms. The van der Waals surface area contributed by atoms with Gasteiger partial charge in [0.2, 0.25) is 0 Å². The van der Waals surface area contributed by atoms with Crippen LogP contribution in [-0.4, -0.2) is 24.9 Å². The highest BCUT2D eigenvalue weighted by Crippen LogP contribution is 2.25. The van der Waals surface area contributed by atoms with Crippen LogP contribution >= 0.6 is 11.6 Å². The third-order valence-corrected chi connectivity index (χ3v) is 3.37. The first-order valence-corrected chi connectivity index (χ1v) is 6.84. The second-order valence-corrected chi connectivity index (χ2v) is 5.24. The molecule has 21 heavy (non-hydrogen) atoms. The van der Waals surface area contributed by atoms with Crippen LogP contribution in [0.15, 0.2) is 42.5 Å². The number of rotatable bonds is 4. The Morgan fingerprint density at radius 1 is 1.24 bits per heavy atom. The van der Waals surface area contributed by atoms with Crippen LogP contribution in [0.2, 0.25) is 5.02 Å². The van der Waals surface area contributed by atoms with Crippen LogP contribution in [0.3, 0.4) is 0 Å². The van der Waals surface area contributed by atoms with Crippen molar-refractivity contribution >= 4 is 23.2 Å².